The second-order valence-corrected chi connectivity index (χ2v) is 4.39. The molecule has 5 nitrogen and oxygen atoms in total. The van der Waals surface area contributed by atoms with Crippen molar-refractivity contribution in [2.24, 2.45) is 0 Å². The Morgan fingerprint density at radius 1 is 1.47 bits per heavy atom. The molecule has 2 heterocycles. The quantitative estimate of drug-likeness (QED) is 0.831. The lowest BCUT2D eigenvalue weighted by molar-refractivity contribution is 0.103. The molecular formula is C13H11N3O2S. The molecule has 2 aromatic rings. The fourth-order valence-corrected chi connectivity index (χ4v) is 1.80. The lowest BCUT2D eigenvalue weighted by Crippen LogP contribution is -2.11. The highest BCUT2D eigenvalue weighted by Gasteiger charge is 2.08. The molecule has 0 unspecified atom stereocenters. The van der Waals surface area contributed by atoms with E-state index in [1.807, 2.05) is 0 Å². The molecule has 0 aliphatic heterocycles. The van der Waals surface area contributed by atoms with E-state index in [4.69, 9.17) is 5.11 Å². The first-order chi connectivity index (χ1) is 9.29. The molecule has 96 valence electrons. The molecule has 0 radical (unpaired) electrons. The van der Waals surface area contributed by atoms with Crippen LogP contribution in [0.2, 0.25) is 0 Å². The summed E-state index contributed by atoms with van der Waals surface area (Å²) in [5, 5.41) is 11.3. The van der Waals surface area contributed by atoms with E-state index in [9.17, 15) is 4.79 Å². The number of aliphatic hydroxyl groups excluding tert-OH is 1. The second-order valence-electron chi connectivity index (χ2n) is 3.50. The highest BCUT2D eigenvalue weighted by Crippen LogP contribution is 2.10. The Morgan fingerprint density at radius 2 is 2.37 bits per heavy atom. The number of nitrogens with zero attached hydrogens (tertiary/aromatic N) is 2. The predicted octanol–water partition coefficient (Wildman–Crippen LogP) is 1.52. The van der Waals surface area contributed by atoms with Gasteiger partial charge in [0.15, 0.2) is 0 Å². The Bertz CT molecular complexity index is 614. The zero-order chi connectivity index (χ0) is 13.5. The molecule has 0 atom stereocenters. The fourth-order valence-electron chi connectivity index (χ4n) is 1.29. The number of rotatable bonds is 3. The Morgan fingerprint density at radius 3 is 3.11 bits per heavy atom. The van der Waals surface area contributed by atoms with E-state index in [1.54, 1.807) is 23.7 Å². The third-order valence-electron chi connectivity index (χ3n) is 2.10. The van der Waals surface area contributed by atoms with E-state index < -0.39 is 0 Å². The van der Waals surface area contributed by atoms with Crippen LogP contribution in [0.1, 0.15) is 21.8 Å². The molecule has 1 amide bonds. The highest BCUT2D eigenvalue weighted by molar-refractivity contribution is 7.11. The van der Waals surface area contributed by atoms with Crippen LogP contribution in [0, 0.1) is 11.8 Å². The summed E-state index contributed by atoms with van der Waals surface area (Å²) in [7, 11) is 0. The van der Waals surface area contributed by atoms with Crippen LogP contribution in [-0.2, 0) is 0 Å². The Kier molecular flexibility index (Phi) is 4.61. The van der Waals surface area contributed by atoms with E-state index in [1.165, 1.54) is 17.5 Å². The van der Waals surface area contributed by atoms with E-state index in [0.29, 0.717) is 22.8 Å². The monoisotopic (exact) mass is 273 g/mol. The van der Waals surface area contributed by atoms with Gasteiger partial charge in [0.05, 0.1) is 18.3 Å². The molecule has 6 heteroatoms. The number of aliphatic hydroxyl groups is 1. The minimum Gasteiger partial charge on any atom is -0.395 e. The van der Waals surface area contributed by atoms with Gasteiger partial charge in [-0.05, 0) is 18.1 Å². The molecule has 0 aliphatic rings. The topological polar surface area (TPSA) is 75.1 Å². The van der Waals surface area contributed by atoms with Crippen LogP contribution in [0.3, 0.4) is 0 Å². The van der Waals surface area contributed by atoms with Crippen molar-refractivity contribution in [2.75, 3.05) is 11.9 Å². The van der Waals surface area contributed by atoms with Crippen molar-refractivity contribution in [3.8, 4) is 11.8 Å². The van der Waals surface area contributed by atoms with Gasteiger partial charge < -0.3 is 10.4 Å². The molecule has 0 spiro atoms. The standard InChI is InChI=1S/C13H11N3O2S/c17-7-2-1-4-10-5-3-6-12(15-10)16-13(18)11-8-14-9-19-11/h3,5-6,8-9,17H,2,7H2,(H,15,16,18). The van der Waals surface area contributed by atoms with E-state index in [-0.39, 0.29) is 12.5 Å². The maximum absolute atomic E-state index is 11.8. The van der Waals surface area contributed by atoms with Gasteiger partial charge in [0, 0.05) is 6.42 Å². The number of hydrogen-bond acceptors (Lipinski definition) is 5. The molecule has 0 bridgehead atoms. The molecule has 0 fully saturated rings. The summed E-state index contributed by atoms with van der Waals surface area (Å²) in [6.45, 7) is 0.0226. The minimum atomic E-state index is -0.240. The van der Waals surface area contributed by atoms with E-state index in [0.717, 1.165) is 0 Å². The van der Waals surface area contributed by atoms with Crippen LogP contribution < -0.4 is 5.32 Å². The number of amides is 1. The van der Waals surface area contributed by atoms with Crippen molar-refractivity contribution >= 4 is 23.1 Å². The number of thiazole rings is 1. The largest absolute Gasteiger partial charge is 0.395 e. The number of pyridine rings is 1. The maximum atomic E-state index is 11.8. The first kappa shape index (κ1) is 13.2. The zero-order valence-corrected chi connectivity index (χ0v) is 10.8. The molecule has 0 aliphatic carbocycles. The summed E-state index contributed by atoms with van der Waals surface area (Å²) in [5.41, 5.74) is 2.15. The van der Waals surface area contributed by atoms with Crippen LogP contribution >= 0.6 is 11.3 Å². The molecule has 2 N–H and O–H groups in total. The average Bonchev–Trinajstić information content (AvgIpc) is 2.93. The molecule has 0 saturated heterocycles. The minimum absolute atomic E-state index is 0.0226. The van der Waals surface area contributed by atoms with Gasteiger partial charge in [-0.15, -0.1) is 11.3 Å². The van der Waals surface area contributed by atoms with Gasteiger partial charge in [0.1, 0.15) is 16.4 Å². The summed E-state index contributed by atoms with van der Waals surface area (Å²) >= 11 is 1.26. The smallest absolute Gasteiger partial charge is 0.268 e. The summed E-state index contributed by atoms with van der Waals surface area (Å²) in [6, 6.07) is 5.20. The first-order valence-corrected chi connectivity index (χ1v) is 6.44. The van der Waals surface area contributed by atoms with Gasteiger partial charge in [0.2, 0.25) is 0 Å². The number of anilines is 1. The first-order valence-electron chi connectivity index (χ1n) is 5.56. The number of nitrogens with one attached hydrogen (secondary N) is 1. The number of hydrogen-bond donors (Lipinski definition) is 2. The number of carbonyl (C=O) groups excluding carboxylic acids is 1. The van der Waals surface area contributed by atoms with E-state index in [2.05, 4.69) is 27.1 Å². The Hall–Kier alpha value is -2.23. The summed E-state index contributed by atoms with van der Waals surface area (Å²) < 4.78 is 0. The SMILES string of the molecule is O=C(Nc1cccc(C#CCCO)n1)c1cncs1. The fraction of sp³-hybridized carbons (Fsp3) is 0.154. The van der Waals surface area contributed by atoms with Crippen molar-refractivity contribution in [3.05, 3.63) is 40.5 Å². The van der Waals surface area contributed by atoms with Crippen molar-refractivity contribution in [1.29, 1.82) is 0 Å². The maximum Gasteiger partial charge on any atom is 0.268 e. The molecule has 0 saturated carbocycles. The van der Waals surface area contributed by atoms with Crippen LogP contribution in [0.15, 0.2) is 29.9 Å². The molecule has 19 heavy (non-hydrogen) atoms. The van der Waals surface area contributed by atoms with Crippen molar-refractivity contribution in [1.82, 2.24) is 9.97 Å². The highest BCUT2D eigenvalue weighted by atomic mass is 32.1. The average molecular weight is 273 g/mol. The molecule has 2 aromatic heterocycles. The third-order valence-corrected chi connectivity index (χ3v) is 2.87. The van der Waals surface area contributed by atoms with Gasteiger partial charge in [0.25, 0.3) is 5.91 Å². The second kappa shape index (κ2) is 6.64. The molecule has 2 rings (SSSR count). The van der Waals surface area contributed by atoms with Crippen molar-refractivity contribution in [3.63, 3.8) is 0 Å². The molecular weight excluding hydrogens is 262 g/mol. The van der Waals surface area contributed by atoms with Crippen molar-refractivity contribution in [2.45, 2.75) is 6.42 Å². The predicted molar refractivity (Wildman–Crippen MR) is 72.9 cm³/mol. The van der Waals surface area contributed by atoms with Crippen LogP contribution in [-0.4, -0.2) is 27.6 Å². The van der Waals surface area contributed by atoms with Crippen molar-refractivity contribution < 1.29 is 9.90 Å². The summed E-state index contributed by atoms with van der Waals surface area (Å²) in [5.74, 6) is 5.79. The number of carbonyl (C=O) groups is 1. The summed E-state index contributed by atoms with van der Waals surface area (Å²) in [6.07, 6.45) is 1.91. The Balaban J connectivity index is 2.07. The van der Waals surface area contributed by atoms with Crippen LogP contribution in [0.5, 0.6) is 0 Å². The normalized spacial score (nSPS) is 9.53. The zero-order valence-electron chi connectivity index (χ0n) is 9.96. The van der Waals surface area contributed by atoms with Gasteiger partial charge >= 0.3 is 0 Å². The van der Waals surface area contributed by atoms with E-state index >= 15 is 0 Å². The van der Waals surface area contributed by atoms with Gasteiger partial charge in [-0.25, -0.2) is 4.98 Å². The lowest BCUT2D eigenvalue weighted by Gasteiger charge is -2.02. The third kappa shape index (κ3) is 3.88. The number of aromatic nitrogens is 2. The van der Waals surface area contributed by atoms with Crippen LogP contribution in [0.25, 0.3) is 0 Å². The summed E-state index contributed by atoms with van der Waals surface area (Å²) in [4.78, 5) is 20.4. The molecule has 0 aromatic carbocycles. The van der Waals surface area contributed by atoms with Crippen LogP contribution in [0.4, 0.5) is 5.82 Å². The lowest BCUT2D eigenvalue weighted by atomic mass is 10.3. The van der Waals surface area contributed by atoms with Gasteiger partial charge in [-0.3, -0.25) is 9.78 Å². The Labute approximate surface area is 114 Å². The van der Waals surface area contributed by atoms with Gasteiger partial charge in [-0.2, -0.15) is 0 Å². The van der Waals surface area contributed by atoms with Gasteiger partial charge in [-0.1, -0.05) is 12.0 Å².